The zero-order chi connectivity index (χ0) is 12.7. The lowest BCUT2D eigenvalue weighted by molar-refractivity contribution is -0.147. The van der Waals surface area contributed by atoms with Crippen LogP contribution in [0.1, 0.15) is 26.2 Å². The fourth-order valence-corrected chi connectivity index (χ4v) is 1.76. The highest BCUT2D eigenvalue weighted by Crippen LogP contribution is 2.21. The van der Waals surface area contributed by atoms with Crippen molar-refractivity contribution in [3.63, 3.8) is 0 Å². The summed E-state index contributed by atoms with van der Waals surface area (Å²) < 4.78 is 46.1. The summed E-state index contributed by atoms with van der Waals surface area (Å²) in [4.78, 5) is 0. The van der Waals surface area contributed by atoms with Gasteiger partial charge in [0.05, 0.1) is 31.8 Å². The minimum Gasteiger partial charge on any atom is -0.378 e. The molecule has 0 aromatic rings. The number of likely N-dealkylation sites (N-methyl/N-ethyl adjacent to an activating group) is 1. The molecule has 0 bridgehead atoms. The molecule has 1 saturated heterocycles. The molecule has 0 spiro atoms. The van der Waals surface area contributed by atoms with E-state index in [-0.39, 0.29) is 25.4 Å². The van der Waals surface area contributed by atoms with Gasteiger partial charge in [-0.05, 0) is 19.4 Å². The van der Waals surface area contributed by atoms with Crippen molar-refractivity contribution in [2.75, 3.05) is 26.3 Å². The van der Waals surface area contributed by atoms with Crippen LogP contribution in [0.5, 0.6) is 0 Å². The van der Waals surface area contributed by atoms with E-state index in [4.69, 9.17) is 9.47 Å². The summed E-state index contributed by atoms with van der Waals surface area (Å²) in [6.45, 7) is 3.70. The maximum atomic E-state index is 11.8. The van der Waals surface area contributed by atoms with Crippen LogP contribution in [0, 0.1) is 0 Å². The van der Waals surface area contributed by atoms with Crippen molar-refractivity contribution in [1.29, 1.82) is 0 Å². The minimum atomic E-state index is -4.13. The lowest BCUT2D eigenvalue weighted by atomic mass is 10.2. The van der Waals surface area contributed by atoms with Crippen LogP contribution in [0.15, 0.2) is 0 Å². The van der Waals surface area contributed by atoms with Gasteiger partial charge in [-0.2, -0.15) is 13.2 Å². The number of hydrogen-bond acceptors (Lipinski definition) is 3. The number of alkyl halides is 3. The minimum absolute atomic E-state index is 0.0492. The fourth-order valence-electron chi connectivity index (χ4n) is 1.76. The van der Waals surface area contributed by atoms with Crippen molar-refractivity contribution in [2.24, 2.45) is 0 Å². The summed E-state index contributed by atoms with van der Waals surface area (Å²) in [6, 6.07) is 0. The maximum absolute atomic E-state index is 11.8. The Labute approximate surface area is 99.7 Å². The molecule has 17 heavy (non-hydrogen) atoms. The predicted octanol–water partition coefficient (Wildman–Crippen LogP) is 2.11. The topological polar surface area (TPSA) is 30.5 Å². The smallest absolute Gasteiger partial charge is 0.378 e. The molecule has 1 rings (SSSR count). The second-order valence-corrected chi connectivity index (χ2v) is 4.21. The fraction of sp³-hybridized carbons (Fsp3) is 1.00. The van der Waals surface area contributed by atoms with Gasteiger partial charge in [-0.15, -0.1) is 0 Å². The van der Waals surface area contributed by atoms with Crippen molar-refractivity contribution in [3.05, 3.63) is 0 Å². The molecule has 0 radical (unpaired) electrons. The normalized spacial score (nSPS) is 25.4. The quantitative estimate of drug-likeness (QED) is 0.707. The van der Waals surface area contributed by atoms with Crippen molar-refractivity contribution in [3.8, 4) is 0 Å². The van der Waals surface area contributed by atoms with Crippen molar-refractivity contribution in [1.82, 2.24) is 5.32 Å². The Morgan fingerprint density at radius 2 is 2.00 bits per heavy atom. The number of rotatable bonds is 7. The van der Waals surface area contributed by atoms with E-state index >= 15 is 0 Å². The highest BCUT2D eigenvalue weighted by Gasteiger charge is 2.28. The van der Waals surface area contributed by atoms with E-state index in [0.717, 1.165) is 25.9 Å². The van der Waals surface area contributed by atoms with Crippen LogP contribution in [0.4, 0.5) is 13.2 Å². The molecule has 0 saturated carbocycles. The van der Waals surface area contributed by atoms with E-state index in [2.05, 4.69) is 5.32 Å². The van der Waals surface area contributed by atoms with E-state index in [1.165, 1.54) is 0 Å². The van der Waals surface area contributed by atoms with Crippen LogP contribution >= 0.6 is 0 Å². The zero-order valence-corrected chi connectivity index (χ0v) is 10.1. The van der Waals surface area contributed by atoms with Gasteiger partial charge in [-0.1, -0.05) is 6.92 Å². The van der Waals surface area contributed by atoms with Gasteiger partial charge >= 0.3 is 6.18 Å². The van der Waals surface area contributed by atoms with Crippen molar-refractivity contribution < 1.29 is 22.6 Å². The maximum Gasteiger partial charge on any atom is 0.391 e. The molecule has 0 aliphatic carbocycles. The summed E-state index contributed by atoms with van der Waals surface area (Å²) >= 11 is 0. The molecule has 3 nitrogen and oxygen atoms in total. The third kappa shape index (κ3) is 6.85. The van der Waals surface area contributed by atoms with Crippen LogP contribution in [-0.4, -0.2) is 44.7 Å². The Morgan fingerprint density at radius 3 is 2.65 bits per heavy atom. The first kappa shape index (κ1) is 14.7. The van der Waals surface area contributed by atoms with Gasteiger partial charge in [0, 0.05) is 6.54 Å². The molecule has 2 atom stereocenters. The molecule has 1 fully saturated rings. The highest BCUT2D eigenvalue weighted by molar-refractivity contribution is 4.74. The summed E-state index contributed by atoms with van der Waals surface area (Å²) in [5.74, 6) is 0. The Hall–Kier alpha value is -0.330. The molecular formula is C11H20F3NO2. The second kappa shape index (κ2) is 7.18. The molecule has 0 aromatic carbocycles. The van der Waals surface area contributed by atoms with Crippen LogP contribution < -0.4 is 5.32 Å². The summed E-state index contributed by atoms with van der Waals surface area (Å²) in [5, 5.41) is 3.18. The molecule has 1 aliphatic heterocycles. The Kier molecular flexibility index (Phi) is 6.22. The van der Waals surface area contributed by atoms with E-state index in [1.54, 1.807) is 0 Å². The van der Waals surface area contributed by atoms with E-state index < -0.39 is 12.6 Å². The molecule has 6 heteroatoms. The number of halogens is 3. The SMILES string of the molecule is CCNCC1CCC(COCCC(F)(F)F)O1. The van der Waals surface area contributed by atoms with Gasteiger partial charge < -0.3 is 14.8 Å². The molecular weight excluding hydrogens is 235 g/mol. The van der Waals surface area contributed by atoms with E-state index in [1.807, 2.05) is 6.92 Å². The van der Waals surface area contributed by atoms with E-state index in [9.17, 15) is 13.2 Å². The summed E-state index contributed by atoms with van der Waals surface area (Å²) in [5.41, 5.74) is 0. The van der Waals surface area contributed by atoms with Crippen LogP contribution in [0.25, 0.3) is 0 Å². The lowest BCUT2D eigenvalue weighted by Crippen LogP contribution is -2.27. The summed E-state index contributed by atoms with van der Waals surface area (Å²) in [6.07, 6.45) is -3.09. The van der Waals surface area contributed by atoms with Gasteiger partial charge in [0.15, 0.2) is 0 Å². The number of nitrogens with one attached hydrogen (secondary N) is 1. The third-order valence-electron chi connectivity index (χ3n) is 2.65. The molecule has 1 heterocycles. The molecule has 0 aromatic heterocycles. The first-order valence-electron chi connectivity index (χ1n) is 6.02. The Balaban J connectivity index is 2.02. The average Bonchev–Trinajstić information content (AvgIpc) is 2.68. The second-order valence-electron chi connectivity index (χ2n) is 4.21. The number of ether oxygens (including phenoxy) is 2. The highest BCUT2D eigenvalue weighted by atomic mass is 19.4. The molecule has 2 unspecified atom stereocenters. The van der Waals surface area contributed by atoms with Crippen LogP contribution in [-0.2, 0) is 9.47 Å². The molecule has 1 aliphatic rings. The first-order valence-corrected chi connectivity index (χ1v) is 6.02. The van der Waals surface area contributed by atoms with Gasteiger partial charge in [-0.3, -0.25) is 0 Å². The molecule has 1 N–H and O–H groups in total. The first-order chi connectivity index (χ1) is 8.01. The lowest BCUT2D eigenvalue weighted by Gasteiger charge is -2.14. The molecule has 102 valence electrons. The van der Waals surface area contributed by atoms with Gasteiger partial charge in [0.2, 0.25) is 0 Å². The van der Waals surface area contributed by atoms with Gasteiger partial charge in [0.1, 0.15) is 0 Å². The van der Waals surface area contributed by atoms with Gasteiger partial charge in [0.25, 0.3) is 0 Å². The summed E-state index contributed by atoms with van der Waals surface area (Å²) in [7, 11) is 0. The predicted molar refractivity (Wildman–Crippen MR) is 57.9 cm³/mol. The van der Waals surface area contributed by atoms with Crippen molar-refractivity contribution >= 4 is 0 Å². The van der Waals surface area contributed by atoms with Crippen molar-refractivity contribution in [2.45, 2.75) is 44.6 Å². The number of hydrogen-bond donors (Lipinski definition) is 1. The Morgan fingerprint density at radius 1 is 1.29 bits per heavy atom. The van der Waals surface area contributed by atoms with Crippen LogP contribution in [0.3, 0.4) is 0 Å². The van der Waals surface area contributed by atoms with Crippen LogP contribution in [0.2, 0.25) is 0 Å². The van der Waals surface area contributed by atoms with E-state index in [0.29, 0.717) is 0 Å². The largest absolute Gasteiger partial charge is 0.391 e. The standard InChI is InChI=1S/C11H20F3NO2/c1-2-15-7-9-3-4-10(17-9)8-16-6-5-11(12,13)14/h9-10,15H,2-8H2,1H3. The average molecular weight is 255 g/mol. The third-order valence-corrected chi connectivity index (χ3v) is 2.65. The Bertz CT molecular complexity index is 211. The monoisotopic (exact) mass is 255 g/mol. The molecule has 0 amide bonds. The zero-order valence-electron chi connectivity index (χ0n) is 10.1. The van der Waals surface area contributed by atoms with Gasteiger partial charge in [-0.25, -0.2) is 0 Å².